The molecule has 0 atom stereocenters. The molecule has 0 aliphatic carbocycles. The third kappa shape index (κ3) is 22.5. The molecule has 0 aromatic carbocycles. The molecule has 0 aromatic heterocycles. The Bertz CT molecular complexity index is 241. The number of rotatable bonds is 15. The van der Waals surface area contributed by atoms with Crippen LogP contribution < -0.4 is 5.73 Å². The van der Waals surface area contributed by atoms with Crippen LogP contribution in [0, 0.1) is 0 Å². The second-order valence-electron chi connectivity index (χ2n) is 5.80. The second kappa shape index (κ2) is 20.1. The van der Waals surface area contributed by atoms with Gasteiger partial charge in [0.25, 0.3) is 0 Å². The van der Waals surface area contributed by atoms with Crippen molar-refractivity contribution >= 4 is 32.1 Å². The molecule has 2 N–H and O–H groups in total. The van der Waals surface area contributed by atoms with Gasteiger partial charge in [-0.2, -0.15) is 0 Å². The fraction of sp³-hybridized carbons (Fsp3) is 0.833. The third-order valence-electron chi connectivity index (χ3n) is 3.68. The van der Waals surface area contributed by atoms with Crippen LogP contribution in [0.5, 0.6) is 0 Å². The Balaban J connectivity index is 0. The number of carbonyl (C=O) groups excluding carboxylic acids is 1. The summed E-state index contributed by atoms with van der Waals surface area (Å²) in [5, 5.41) is 0. The Morgan fingerprint density at radius 3 is 1.67 bits per heavy atom. The summed E-state index contributed by atoms with van der Waals surface area (Å²) in [6, 6.07) is 0. The number of amides is 1. The van der Waals surface area contributed by atoms with Crippen molar-refractivity contribution in [1.82, 2.24) is 0 Å². The summed E-state index contributed by atoms with van der Waals surface area (Å²) in [6.45, 7) is 2.26. The van der Waals surface area contributed by atoms with Crippen molar-refractivity contribution in [1.29, 1.82) is 0 Å². The van der Waals surface area contributed by atoms with E-state index in [9.17, 15) is 4.79 Å². The van der Waals surface area contributed by atoms with Crippen LogP contribution in [0.3, 0.4) is 0 Å². The van der Waals surface area contributed by atoms with E-state index in [0.29, 0.717) is 6.42 Å². The number of nitrogens with two attached hydrogens (primary N) is 1. The van der Waals surface area contributed by atoms with Crippen molar-refractivity contribution in [3.8, 4) is 0 Å². The summed E-state index contributed by atoms with van der Waals surface area (Å²) >= 11 is 0. The molecule has 0 bridgehead atoms. The van der Waals surface area contributed by atoms with Gasteiger partial charge in [0.2, 0.25) is 5.91 Å². The van der Waals surface area contributed by atoms with Crippen molar-refractivity contribution in [2.75, 3.05) is 0 Å². The molecule has 0 aliphatic rings. The van der Waals surface area contributed by atoms with Gasteiger partial charge in [0.05, 0.1) is 0 Å². The summed E-state index contributed by atoms with van der Waals surface area (Å²) in [6.07, 6.45) is 21.9. The zero-order chi connectivity index (χ0) is 14.9. The maximum absolute atomic E-state index is 10.5. The van der Waals surface area contributed by atoms with E-state index in [0.717, 1.165) is 12.8 Å². The molecule has 21 heavy (non-hydrogen) atoms. The first kappa shape index (κ1) is 23.4. The Hall–Kier alpha value is 0.0931. The fourth-order valence-corrected chi connectivity index (χ4v) is 2.37. The SMILES string of the molecule is CCCCCCCC/C=C\CCCCCCCC(N)=O.[BiH3]. The molecule has 0 unspecified atom stereocenters. The van der Waals surface area contributed by atoms with Crippen LogP contribution in [0.25, 0.3) is 0 Å². The Kier molecular flexibility index (Phi) is 22.4. The Labute approximate surface area is 151 Å². The first-order valence-electron chi connectivity index (χ1n) is 8.70. The average molecular weight is 493 g/mol. The monoisotopic (exact) mass is 493 g/mol. The second-order valence-corrected chi connectivity index (χ2v) is 5.80. The van der Waals surface area contributed by atoms with Crippen LogP contribution in [0.2, 0.25) is 0 Å². The van der Waals surface area contributed by atoms with Crippen LogP contribution in [0.1, 0.15) is 96.8 Å². The molecular weight excluding hydrogens is 455 g/mol. The van der Waals surface area contributed by atoms with E-state index in [-0.39, 0.29) is 32.1 Å². The standard InChI is InChI=1S/C18H35NO.Bi.3H/c1-2-3-4-5-6-7-8-9-10-11-12-13-14-15-16-17-18(19)20;;;;/h9-10H,2-8,11-17H2,1H3,(H2,19,20);;;;/b10-9-;;;;. The number of primary amides is 1. The topological polar surface area (TPSA) is 43.1 Å². The molecule has 0 saturated carbocycles. The van der Waals surface area contributed by atoms with E-state index in [1.54, 1.807) is 0 Å². The van der Waals surface area contributed by atoms with E-state index in [1.807, 2.05) is 0 Å². The number of hydrogen-bond donors (Lipinski definition) is 1. The zero-order valence-corrected chi connectivity index (χ0v) is 19.7. The summed E-state index contributed by atoms with van der Waals surface area (Å²) < 4.78 is 0. The number of carbonyl (C=O) groups is 1. The van der Waals surface area contributed by atoms with Crippen molar-refractivity contribution in [3.63, 3.8) is 0 Å². The van der Waals surface area contributed by atoms with E-state index < -0.39 is 0 Å². The van der Waals surface area contributed by atoms with Gasteiger partial charge in [-0.15, -0.1) is 0 Å². The van der Waals surface area contributed by atoms with Crippen molar-refractivity contribution in [3.05, 3.63) is 12.2 Å². The zero-order valence-electron chi connectivity index (χ0n) is 14.2. The van der Waals surface area contributed by atoms with E-state index >= 15 is 0 Å². The van der Waals surface area contributed by atoms with E-state index in [2.05, 4.69) is 19.1 Å². The van der Waals surface area contributed by atoms with Gasteiger partial charge in [0.15, 0.2) is 0 Å². The first-order chi connectivity index (χ1) is 9.77. The number of unbranched alkanes of at least 4 members (excludes halogenated alkanes) is 11. The molecular formula is C18H38BiNO. The Morgan fingerprint density at radius 1 is 0.762 bits per heavy atom. The molecule has 0 saturated heterocycles. The van der Waals surface area contributed by atoms with Gasteiger partial charge in [-0.25, -0.2) is 0 Å². The molecule has 0 radical (unpaired) electrons. The summed E-state index contributed by atoms with van der Waals surface area (Å²) in [5.74, 6) is -0.164. The van der Waals surface area contributed by atoms with Crippen molar-refractivity contribution in [2.45, 2.75) is 96.8 Å². The van der Waals surface area contributed by atoms with Gasteiger partial charge in [-0.3, -0.25) is 4.79 Å². The van der Waals surface area contributed by atoms with Crippen LogP contribution >= 0.6 is 0 Å². The van der Waals surface area contributed by atoms with Gasteiger partial charge in [0, 0.05) is 6.42 Å². The van der Waals surface area contributed by atoms with Crippen LogP contribution in [0.15, 0.2) is 12.2 Å². The number of hydrogen-bond acceptors (Lipinski definition) is 1. The minimum atomic E-state index is -0.164. The van der Waals surface area contributed by atoms with Crippen molar-refractivity contribution in [2.24, 2.45) is 5.73 Å². The van der Waals surface area contributed by atoms with Gasteiger partial charge < -0.3 is 5.73 Å². The summed E-state index contributed by atoms with van der Waals surface area (Å²) in [7, 11) is 0. The van der Waals surface area contributed by atoms with E-state index in [4.69, 9.17) is 5.73 Å². The Morgan fingerprint density at radius 2 is 1.19 bits per heavy atom. The van der Waals surface area contributed by atoms with Crippen molar-refractivity contribution < 1.29 is 4.79 Å². The maximum atomic E-state index is 10.5. The minimum absolute atomic E-state index is 0. The number of allylic oxidation sites excluding steroid dienone is 2. The molecule has 1 amide bonds. The summed E-state index contributed by atoms with van der Waals surface area (Å²) in [4.78, 5) is 10.5. The average Bonchev–Trinajstić information content (AvgIpc) is 2.43. The fourth-order valence-electron chi connectivity index (χ4n) is 2.37. The predicted octanol–water partition coefficient (Wildman–Crippen LogP) is 4.33. The van der Waals surface area contributed by atoms with Gasteiger partial charge in [-0.05, 0) is 32.1 Å². The molecule has 0 aliphatic heterocycles. The van der Waals surface area contributed by atoms with E-state index in [1.165, 1.54) is 70.6 Å². The molecule has 0 rings (SSSR count). The third-order valence-corrected chi connectivity index (χ3v) is 3.68. The summed E-state index contributed by atoms with van der Waals surface area (Å²) in [5.41, 5.74) is 5.10. The molecule has 0 spiro atoms. The molecule has 0 heterocycles. The van der Waals surface area contributed by atoms with Crippen LogP contribution in [-0.2, 0) is 4.79 Å². The molecule has 0 aromatic rings. The molecule has 3 heteroatoms. The predicted molar refractivity (Wildman–Crippen MR) is 98.6 cm³/mol. The van der Waals surface area contributed by atoms with Gasteiger partial charge >= 0.3 is 26.2 Å². The van der Waals surface area contributed by atoms with Crippen LogP contribution in [0.4, 0.5) is 0 Å². The van der Waals surface area contributed by atoms with Gasteiger partial charge in [-0.1, -0.05) is 70.4 Å². The first-order valence-corrected chi connectivity index (χ1v) is 8.70. The van der Waals surface area contributed by atoms with Gasteiger partial charge in [0.1, 0.15) is 0 Å². The quantitative estimate of drug-likeness (QED) is 0.206. The molecule has 0 fully saturated rings. The van der Waals surface area contributed by atoms with Crippen LogP contribution in [-0.4, -0.2) is 32.1 Å². The normalized spacial score (nSPS) is 10.7. The molecule has 126 valence electrons. The molecule has 2 nitrogen and oxygen atoms in total.